The second-order valence-corrected chi connectivity index (χ2v) is 3.68. The molecule has 0 aromatic rings. The molecule has 0 aliphatic heterocycles. The fourth-order valence-electron chi connectivity index (χ4n) is 0.139. The molecule has 0 aliphatic rings. The maximum atomic E-state index is 9.63. The van der Waals surface area contributed by atoms with E-state index in [4.69, 9.17) is 30.1 Å². The molecule has 0 saturated heterocycles. The van der Waals surface area contributed by atoms with Gasteiger partial charge in [-0.2, -0.15) is 4.31 Å². The monoisotopic (exact) mass is 236 g/mol. The molecule has 0 aromatic heterocycles. The van der Waals surface area contributed by atoms with Gasteiger partial charge in [-0.25, -0.2) is 9.13 Å². The average molecular weight is 236 g/mol. The van der Waals surface area contributed by atoms with Crippen LogP contribution >= 0.6 is 15.6 Å². The Morgan fingerprint density at radius 2 is 1.00 bits per heavy atom. The van der Waals surface area contributed by atoms with Crippen molar-refractivity contribution in [2.24, 2.45) is 0 Å². The molecule has 0 atom stereocenters. The van der Waals surface area contributed by atoms with E-state index >= 15 is 0 Å². The van der Waals surface area contributed by atoms with Crippen molar-refractivity contribution in [1.82, 2.24) is 0 Å². The first-order chi connectivity index (χ1) is 4.71. The van der Waals surface area contributed by atoms with Crippen molar-refractivity contribution in [1.29, 1.82) is 0 Å². The summed E-state index contributed by atoms with van der Waals surface area (Å²) in [5, 5.41) is 12.0. The van der Waals surface area contributed by atoms with Gasteiger partial charge >= 0.3 is 45.2 Å². The number of hydrogen-bond acceptors (Lipinski definition) is 5. The van der Waals surface area contributed by atoms with Crippen molar-refractivity contribution in [3.05, 3.63) is 0 Å². The molecule has 12 heavy (non-hydrogen) atoms. The van der Waals surface area contributed by atoms with Gasteiger partial charge in [0.2, 0.25) is 0 Å². The van der Waals surface area contributed by atoms with Crippen molar-refractivity contribution in [3.63, 3.8) is 0 Å². The van der Waals surface area contributed by atoms with Crippen LogP contribution < -0.4 is 0 Å². The molecule has 0 rings (SSSR count). The van der Waals surface area contributed by atoms with E-state index in [0.717, 1.165) is 0 Å². The summed E-state index contributed by atoms with van der Waals surface area (Å²) in [5.74, 6) is 0. The molecule has 0 radical (unpaired) electrons. The van der Waals surface area contributed by atoms with Gasteiger partial charge in [0.25, 0.3) is 0 Å². The van der Waals surface area contributed by atoms with Gasteiger partial charge in [-0.15, -0.1) is 0 Å². The fraction of sp³-hybridized carbons (Fsp3) is 0. The maximum absolute atomic E-state index is 9.63. The quantitative estimate of drug-likeness (QED) is 0.145. The number of hydrogen-bond donors (Lipinski definition) is 6. The van der Waals surface area contributed by atoms with Gasteiger partial charge in [0.15, 0.2) is 0 Å². The molecule has 0 fully saturated rings. The van der Waals surface area contributed by atoms with Crippen LogP contribution in [0.25, 0.3) is 0 Å². The molecular weight excluding hydrogens is 229 g/mol. The van der Waals surface area contributed by atoms with Gasteiger partial charge in [-0.05, 0) is 0 Å². The average Bonchev–Trinajstić information content (AvgIpc) is 1.60. The van der Waals surface area contributed by atoms with Gasteiger partial charge in [0.1, 0.15) is 0 Å². The van der Waals surface area contributed by atoms with Crippen molar-refractivity contribution in [2.45, 2.75) is 0 Å². The summed E-state index contributed by atoms with van der Waals surface area (Å²) in [4.78, 5) is 31.0. The predicted molar refractivity (Wildman–Crippen MR) is 37.6 cm³/mol. The molecule has 9 nitrogen and oxygen atoms in total. The molecule has 12 heteroatoms. The van der Waals surface area contributed by atoms with Crippen LogP contribution in [0.1, 0.15) is 0 Å². The summed E-state index contributed by atoms with van der Waals surface area (Å²) in [5.41, 5.74) is 0. The SMILES string of the molecule is O=P(O)(O)OP(=O)(O)O.OO.[NaH]. The van der Waals surface area contributed by atoms with Crippen molar-refractivity contribution >= 4 is 45.2 Å². The summed E-state index contributed by atoms with van der Waals surface area (Å²) in [6.07, 6.45) is 0. The van der Waals surface area contributed by atoms with E-state index in [1.165, 1.54) is 0 Å². The Labute approximate surface area is 88.7 Å². The van der Waals surface area contributed by atoms with Crippen LogP contribution in [-0.2, 0) is 13.4 Å². The molecular formula is H7NaO9P2. The Bertz CT molecular complexity index is 153. The van der Waals surface area contributed by atoms with Gasteiger partial charge < -0.3 is 19.6 Å². The summed E-state index contributed by atoms with van der Waals surface area (Å²) in [6.45, 7) is 0. The first-order valence-electron chi connectivity index (χ1n) is 1.73. The van der Waals surface area contributed by atoms with Crippen LogP contribution in [0.5, 0.6) is 0 Å². The third kappa shape index (κ3) is 22.5. The molecule has 0 aliphatic carbocycles. The Balaban J connectivity index is -0.000000249. The molecule has 0 bridgehead atoms. The van der Waals surface area contributed by atoms with Crippen LogP contribution in [0.4, 0.5) is 0 Å². The molecule has 0 aromatic carbocycles. The third-order valence-electron chi connectivity index (χ3n) is 0.213. The molecule has 0 spiro atoms. The first-order valence-corrected chi connectivity index (χ1v) is 4.79. The van der Waals surface area contributed by atoms with Gasteiger partial charge in [0.05, 0.1) is 0 Å². The predicted octanol–water partition coefficient (Wildman–Crippen LogP) is -1.44. The van der Waals surface area contributed by atoms with Gasteiger partial charge in [0, 0.05) is 0 Å². The molecule has 0 amide bonds. The summed E-state index contributed by atoms with van der Waals surface area (Å²) in [6, 6.07) is 0. The zero-order valence-corrected chi connectivity index (χ0v) is 6.59. The van der Waals surface area contributed by atoms with Crippen LogP contribution in [0, 0.1) is 0 Å². The minimum absolute atomic E-state index is 0. The van der Waals surface area contributed by atoms with E-state index in [1.54, 1.807) is 0 Å². The van der Waals surface area contributed by atoms with E-state index in [1.807, 2.05) is 0 Å². The van der Waals surface area contributed by atoms with E-state index in [-0.39, 0.29) is 29.6 Å². The second kappa shape index (κ2) is 7.57. The number of phosphoric acid groups is 2. The van der Waals surface area contributed by atoms with Gasteiger partial charge in [-0.1, -0.05) is 0 Å². The van der Waals surface area contributed by atoms with Crippen molar-refractivity contribution in [3.8, 4) is 0 Å². The van der Waals surface area contributed by atoms with Crippen LogP contribution in [0.2, 0.25) is 0 Å². The van der Waals surface area contributed by atoms with E-state index in [0.29, 0.717) is 0 Å². The zero-order chi connectivity index (χ0) is 9.71. The molecule has 72 valence electrons. The molecule has 0 heterocycles. The molecule has 6 N–H and O–H groups in total. The first kappa shape index (κ1) is 18.9. The summed E-state index contributed by atoms with van der Waals surface area (Å²) >= 11 is 0. The topological polar surface area (TPSA) is 165 Å². The van der Waals surface area contributed by atoms with Crippen molar-refractivity contribution in [2.75, 3.05) is 0 Å². The Hall–Kier alpha value is 1.18. The van der Waals surface area contributed by atoms with Crippen molar-refractivity contribution < 1.29 is 43.5 Å². The second-order valence-electron chi connectivity index (χ2n) is 1.06. The third-order valence-corrected chi connectivity index (χ3v) is 1.91. The Morgan fingerprint density at radius 1 is 0.833 bits per heavy atom. The standard InChI is InChI=1S/Na.H4O7P2.H2O2.H/c;1-8(2,3)7-9(4,5)6;1-2;/h;(H2,1,2,3)(H2,4,5,6);1-2H;. The minimum atomic E-state index is -5.05. The van der Waals surface area contributed by atoms with E-state index in [2.05, 4.69) is 4.31 Å². The normalized spacial score (nSPS) is 10.8. The Kier molecular flexibility index (Phi) is 11.9. The van der Waals surface area contributed by atoms with Crippen LogP contribution in [0.15, 0.2) is 0 Å². The van der Waals surface area contributed by atoms with Crippen LogP contribution in [0.3, 0.4) is 0 Å². The number of rotatable bonds is 2. The van der Waals surface area contributed by atoms with Crippen LogP contribution in [-0.4, -0.2) is 59.6 Å². The molecule has 0 saturated carbocycles. The summed E-state index contributed by atoms with van der Waals surface area (Å²) in [7, 11) is -10.1. The zero-order valence-electron chi connectivity index (χ0n) is 4.80. The van der Waals surface area contributed by atoms with Gasteiger partial charge in [-0.3, -0.25) is 10.5 Å². The summed E-state index contributed by atoms with van der Waals surface area (Å²) < 4.78 is 22.2. The van der Waals surface area contributed by atoms with E-state index in [9.17, 15) is 9.13 Å². The van der Waals surface area contributed by atoms with E-state index < -0.39 is 15.6 Å². The fourth-order valence-corrected chi connectivity index (χ4v) is 1.25. The molecule has 0 unspecified atom stereocenters. The Morgan fingerprint density at radius 3 is 1.00 bits per heavy atom.